The number of likely N-dealkylation sites (tertiary alicyclic amines) is 1. The lowest BCUT2D eigenvalue weighted by Gasteiger charge is -2.33. The van der Waals surface area contributed by atoms with Gasteiger partial charge in [-0.15, -0.1) is 0 Å². The maximum atomic E-state index is 5.38. The van der Waals surface area contributed by atoms with E-state index >= 15 is 0 Å². The summed E-state index contributed by atoms with van der Waals surface area (Å²) in [4.78, 5) is 2.61. The number of halogens is 1. The van der Waals surface area contributed by atoms with Crippen LogP contribution in [0.5, 0.6) is 0 Å². The molecule has 0 unspecified atom stereocenters. The minimum atomic E-state index is 0.519. The number of hydrogen-bond acceptors (Lipinski definition) is 2. The van der Waals surface area contributed by atoms with Gasteiger partial charge in [0.05, 0.1) is 6.10 Å². The minimum absolute atomic E-state index is 0.519. The van der Waals surface area contributed by atoms with Crippen molar-refractivity contribution in [3.63, 3.8) is 0 Å². The van der Waals surface area contributed by atoms with Crippen molar-refractivity contribution < 1.29 is 4.74 Å². The molecule has 2 fully saturated rings. The molecule has 2 aliphatic rings. The highest BCUT2D eigenvalue weighted by Gasteiger charge is 2.43. The van der Waals surface area contributed by atoms with E-state index in [0.717, 1.165) is 0 Å². The van der Waals surface area contributed by atoms with E-state index in [1.54, 1.807) is 0 Å². The summed E-state index contributed by atoms with van der Waals surface area (Å²) in [7, 11) is 1.83. The largest absolute Gasteiger partial charge is 0.381 e. The lowest BCUT2D eigenvalue weighted by atomic mass is 10.0. The predicted octanol–water partition coefficient (Wildman–Crippen LogP) is 2.27. The van der Waals surface area contributed by atoms with Crippen LogP contribution < -0.4 is 0 Å². The first-order valence-electron chi connectivity index (χ1n) is 5.59. The molecule has 0 radical (unpaired) electrons. The molecule has 0 aromatic carbocycles. The topological polar surface area (TPSA) is 12.5 Å². The highest BCUT2D eigenvalue weighted by molar-refractivity contribution is 9.09. The van der Waals surface area contributed by atoms with Crippen molar-refractivity contribution >= 4 is 15.9 Å². The Morgan fingerprint density at radius 3 is 2.43 bits per heavy atom. The van der Waals surface area contributed by atoms with E-state index in [1.807, 2.05) is 7.11 Å². The van der Waals surface area contributed by atoms with Crippen LogP contribution in [0.4, 0.5) is 0 Å². The van der Waals surface area contributed by atoms with Crippen LogP contribution in [-0.4, -0.2) is 43.1 Å². The Morgan fingerprint density at radius 1 is 1.36 bits per heavy atom. The minimum Gasteiger partial charge on any atom is -0.381 e. The van der Waals surface area contributed by atoms with Crippen molar-refractivity contribution in [1.82, 2.24) is 4.90 Å². The molecular formula is C11H20BrNO. The summed E-state index contributed by atoms with van der Waals surface area (Å²) in [5.74, 6) is 0. The molecule has 0 bridgehead atoms. The molecule has 0 amide bonds. The van der Waals surface area contributed by atoms with E-state index in [2.05, 4.69) is 20.8 Å². The van der Waals surface area contributed by atoms with Gasteiger partial charge in [-0.25, -0.2) is 0 Å². The molecule has 1 saturated carbocycles. The van der Waals surface area contributed by atoms with E-state index in [1.165, 1.54) is 50.6 Å². The SMILES string of the molecule is COC1CCN(CC2(CBr)CC2)CC1. The number of nitrogens with zero attached hydrogens (tertiary/aromatic N) is 1. The van der Waals surface area contributed by atoms with E-state index in [4.69, 9.17) is 4.74 Å². The van der Waals surface area contributed by atoms with Crippen LogP contribution >= 0.6 is 15.9 Å². The van der Waals surface area contributed by atoms with Crippen molar-refractivity contribution in [1.29, 1.82) is 0 Å². The summed E-state index contributed by atoms with van der Waals surface area (Å²) in [5, 5.41) is 1.18. The van der Waals surface area contributed by atoms with Gasteiger partial charge >= 0.3 is 0 Å². The van der Waals surface area contributed by atoms with Gasteiger partial charge in [0, 0.05) is 32.1 Å². The summed E-state index contributed by atoms with van der Waals surface area (Å²) < 4.78 is 5.38. The van der Waals surface area contributed by atoms with E-state index in [9.17, 15) is 0 Å². The van der Waals surface area contributed by atoms with E-state index < -0.39 is 0 Å². The number of piperidine rings is 1. The zero-order valence-electron chi connectivity index (χ0n) is 8.97. The zero-order valence-corrected chi connectivity index (χ0v) is 10.6. The molecule has 0 N–H and O–H groups in total. The Bertz CT molecular complexity index is 186. The molecular weight excluding hydrogens is 242 g/mol. The number of ether oxygens (including phenoxy) is 1. The monoisotopic (exact) mass is 261 g/mol. The number of rotatable bonds is 4. The van der Waals surface area contributed by atoms with Crippen LogP contribution in [0.3, 0.4) is 0 Å². The predicted molar refractivity (Wildman–Crippen MR) is 61.9 cm³/mol. The molecule has 3 heteroatoms. The lowest BCUT2D eigenvalue weighted by molar-refractivity contribution is 0.0363. The molecule has 0 aromatic rings. The summed E-state index contributed by atoms with van der Waals surface area (Å²) in [6.07, 6.45) is 5.79. The van der Waals surface area contributed by atoms with Gasteiger partial charge in [-0.05, 0) is 31.1 Å². The number of alkyl halides is 1. The number of methoxy groups -OCH3 is 1. The van der Waals surface area contributed by atoms with Gasteiger partial charge in [0.1, 0.15) is 0 Å². The normalized spacial score (nSPS) is 27.9. The first-order chi connectivity index (χ1) is 6.78. The third kappa shape index (κ3) is 2.50. The van der Waals surface area contributed by atoms with Crippen molar-refractivity contribution in [3.8, 4) is 0 Å². The molecule has 0 aromatic heterocycles. The molecule has 1 aliphatic carbocycles. The second kappa shape index (κ2) is 4.50. The molecule has 1 saturated heterocycles. The van der Waals surface area contributed by atoms with Gasteiger partial charge < -0.3 is 9.64 Å². The van der Waals surface area contributed by atoms with E-state index in [0.29, 0.717) is 11.5 Å². The average Bonchev–Trinajstić information content (AvgIpc) is 3.00. The lowest BCUT2D eigenvalue weighted by Crippen LogP contribution is -2.40. The average molecular weight is 262 g/mol. The van der Waals surface area contributed by atoms with Crippen LogP contribution in [0.2, 0.25) is 0 Å². The Balaban J connectivity index is 1.73. The Labute approximate surface area is 95.1 Å². The maximum Gasteiger partial charge on any atom is 0.0595 e. The van der Waals surface area contributed by atoms with Crippen molar-refractivity contribution in [2.75, 3.05) is 32.1 Å². The zero-order chi connectivity index (χ0) is 10.0. The van der Waals surface area contributed by atoms with Crippen molar-refractivity contribution in [3.05, 3.63) is 0 Å². The van der Waals surface area contributed by atoms with Crippen molar-refractivity contribution in [2.24, 2.45) is 5.41 Å². The van der Waals surface area contributed by atoms with Crippen LogP contribution in [0, 0.1) is 5.41 Å². The smallest absolute Gasteiger partial charge is 0.0595 e. The summed E-state index contributed by atoms with van der Waals surface area (Å²) in [6.45, 7) is 3.76. The molecule has 82 valence electrons. The van der Waals surface area contributed by atoms with Gasteiger partial charge in [0.15, 0.2) is 0 Å². The molecule has 1 heterocycles. The maximum absolute atomic E-state index is 5.38. The highest BCUT2D eigenvalue weighted by atomic mass is 79.9. The van der Waals surface area contributed by atoms with Gasteiger partial charge in [-0.3, -0.25) is 0 Å². The third-order valence-corrected chi connectivity index (χ3v) is 4.86. The summed E-state index contributed by atoms with van der Waals surface area (Å²) in [6, 6.07) is 0. The fraction of sp³-hybridized carbons (Fsp3) is 1.00. The van der Waals surface area contributed by atoms with Crippen LogP contribution in [-0.2, 0) is 4.74 Å². The van der Waals surface area contributed by atoms with E-state index in [-0.39, 0.29) is 0 Å². The Morgan fingerprint density at radius 2 is 2.00 bits per heavy atom. The van der Waals surface area contributed by atoms with Crippen LogP contribution in [0.1, 0.15) is 25.7 Å². The fourth-order valence-corrected chi connectivity index (χ4v) is 3.03. The van der Waals surface area contributed by atoms with Gasteiger partial charge in [-0.2, -0.15) is 0 Å². The third-order valence-electron chi connectivity index (χ3n) is 3.67. The second-order valence-electron chi connectivity index (χ2n) is 4.84. The summed E-state index contributed by atoms with van der Waals surface area (Å²) in [5.41, 5.74) is 0.639. The van der Waals surface area contributed by atoms with Crippen molar-refractivity contribution in [2.45, 2.75) is 31.8 Å². The molecule has 0 spiro atoms. The Kier molecular flexibility index (Phi) is 3.50. The molecule has 14 heavy (non-hydrogen) atoms. The van der Waals surface area contributed by atoms with Crippen LogP contribution in [0.25, 0.3) is 0 Å². The first kappa shape index (κ1) is 10.9. The quantitative estimate of drug-likeness (QED) is 0.721. The van der Waals surface area contributed by atoms with Gasteiger partial charge in [-0.1, -0.05) is 15.9 Å². The molecule has 2 rings (SSSR count). The first-order valence-corrected chi connectivity index (χ1v) is 6.71. The molecule has 2 nitrogen and oxygen atoms in total. The van der Waals surface area contributed by atoms with Crippen LogP contribution in [0.15, 0.2) is 0 Å². The summed E-state index contributed by atoms with van der Waals surface area (Å²) >= 11 is 3.63. The Hall–Kier alpha value is 0.400. The highest BCUT2D eigenvalue weighted by Crippen LogP contribution is 2.47. The molecule has 1 aliphatic heterocycles. The second-order valence-corrected chi connectivity index (χ2v) is 5.41. The standard InChI is InChI=1S/C11H20BrNO/c1-14-10-2-6-13(7-3-10)9-11(8-12)4-5-11/h10H,2-9H2,1H3. The number of hydrogen-bond donors (Lipinski definition) is 0. The van der Waals surface area contributed by atoms with Gasteiger partial charge in [0.2, 0.25) is 0 Å². The van der Waals surface area contributed by atoms with Gasteiger partial charge in [0.25, 0.3) is 0 Å². The fourth-order valence-electron chi connectivity index (χ4n) is 2.29. The molecule has 0 atom stereocenters.